The van der Waals surface area contributed by atoms with Gasteiger partial charge in [0, 0.05) is 28.2 Å². The molecule has 7 heteroatoms. The van der Waals surface area contributed by atoms with Crippen molar-refractivity contribution in [3.8, 4) is 11.3 Å². The van der Waals surface area contributed by atoms with Crippen molar-refractivity contribution < 1.29 is 14.1 Å². The minimum atomic E-state index is -0.489. The summed E-state index contributed by atoms with van der Waals surface area (Å²) in [6.45, 7) is 0. The van der Waals surface area contributed by atoms with Gasteiger partial charge in [-0.3, -0.25) is 14.9 Å². The monoisotopic (exact) mass is 383 g/mol. The molecule has 0 spiro atoms. The number of carbonyl (C=O) groups excluding carboxylic acids is 1. The van der Waals surface area contributed by atoms with Gasteiger partial charge in [0.1, 0.15) is 11.5 Å². The molecule has 0 saturated heterocycles. The third kappa shape index (κ3) is 2.94. The zero-order chi connectivity index (χ0) is 18.3. The number of non-ortho nitro benzene ring substituents is 1. The molecule has 5 nitrogen and oxygen atoms in total. The number of benzene rings is 2. The highest BCUT2D eigenvalue weighted by atomic mass is 35.5. The number of halogens is 1. The highest BCUT2D eigenvalue weighted by Gasteiger charge is 2.25. The van der Waals surface area contributed by atoms with E-state index in [-0.39, 0.29) is 11.5 Å². The molecule has 2 aromatic carbocycles. The second-order valence-corrected chi connectivity index (χ2v) is 7.05. The number of Topliss-reactive ketones (excluding diaryl/α,β-unsaturated/α-hetero) is 1. The number of nitro benzene ring substituents is 1. The van der Waals surface area contributed by atoms with Crippen LogP contribution in [0.25, 0.3) is 17.4 Å². The van der Waals surface area contributed by atoms with E-state index in [1.807, 2.05) is 18.2 Å². The molecule has 4 rings (SSSR count). The number of carbonyl (C=O) groups is 1. The average molecular weight is 384 g/mol. The summed E-state index contributed by atoms with van der Waals surface area (Å²) < 4.78 is 5.75. The van der Waals surface area contributed by atoms with E-state index < -0.39 is 4.92 Å². The predicted octanol–water partition coefficient (Wildman–Crippen LogP) is 5.84. The van der Waals surface area contributed by atoms with Gasteiger partial charge in [-0.15, -0.1) is 0 Å². The summed E-state index contributed by atoms with van der Waals surface area (Å²) in [6.07, 6.45) is 1.67. The molecule has 0 bridgehead atoms. The number of thioether (sulfide) groups is 1. The summed E-state index contributed by atoms with van der Waals surface area (Å²) in [7, 11) is 0. The SMILES string of the molecule is O=C1/C(=C\c2ccc(-c3cc([N+](=O)[O-])ccc3Cl)o2)Sc2ccccc21. The van der Waals surface area contributed by atoms with Crippen LogP contribution in [0, 0.1) is 10.1 Å². The predicted molar refractivity (Wildman–Crippen MR) is 100 cm³/mol. The molecule has 0 saturated carbocycles. The second kappa shape index (κ2) is 6.48. The maximum atomic E-state index is 12.4. The third-order valence-corrected chi connectivity index (χ3v) is 5.33. The van der Waals surface area contributed by atoms with Gasteiger partial charge in [0.25, 0.3) is 5.69 Å². The molecular weight excluding hydrogens is 374 g/mol. The first-order valence-corrected chi connectivity index (χ1v) is 8.80. The maximum Gasteiger partial charge on any atom is 0.270 e. The van der Waals surface area contributed by atoms with Crippen molar-refractivity contribution in [3.63, 3.8) is 0 Å². The van der Waals surface area contributed by atoms with Crippen LogP contribution in [0.5, 0.6) is 0 Å². The number of nitrogens with zero attached hydrogens (tertiary/aromatic N) is 1. The molecule has 128 valence electrons. The Kier molecular flexibility index (Phi) is 4.14. The Balaban J connectivity index is 1.67. The fraction of sp³-hybridized carbons (Fsp3) is 0. The van der Waals surface area contributed by atoms with Gasteiger partial charge in [0.15, 0.2) is 0 Å². The minimum Gasteiger partial charge on any atom is -0.457 e. The first kappa shape index (κ1) is 16.6. The average Bonchev–Trinajstić information content (AvgIpc) is 3.21. The van der Waals surface area contributed by atoms with E-state index >= 15 is 0 Å². The van der Waals surface area contributed by atoms with E-state index in [0.29, 0.717) is 32.6 Å². The van der Waals surface area contributed by atoms with E-state index in [2.05, 4.69) is 0 Å². The number of fused-ring (bicyclic) bond motifs is 1. The minimum absolute atomic E-state index is 0.0445. The standard InChI is InChI=1S/C19H10ClNO4S/c20-15-7-5-11(21(23)24)9-14(15)16-8-6-12(25-16)10-18-19(22)13-3-1-2-4-17(13)26-18/h1-10H/b18-10+. The van der Waals surface area contributed by atoms with Crippen molar-refractivity contribution in [2.24, 2.45) is 0 Å². The fourth-order valence-electron chi connectivity index (χ4n) is 2.66. The molecule has 0 radical (unpaired) electrons. The van der Waals surface area contributed by atoms with Gasteiger partial charge in [-0.25, -0.2) is 0 Å². The normalized spacial score (nSPS) is 14.7. The molecule has 3 aromatic rings. The number of nitro groups is 1. The van der Waals surface area contributed by atoms with Crippen molar-refractivity contribution in [1.29, 1.82) is 0 Å². The van der Waals surface area contributed by atoms with Crippen molar-refractivity contribution >= 4 is 40.9 Å². The summed E-state index contributed by atoms with van der Waals surface area (Å²) in [5, 5.41) is 11.3. The van der Waals surface area contributed by atoms with Gasteiger partial charge in [0.2, 0.25) is 5.78 Å². The number of allylic oxidation sites excluding steroid dienone is 1. The van der Waals surface area contributed by atoms with Gasteiger partial charge in [0.05, 0.1) is 14.9 Å². The Morgan fingerprint density at radius 3 is 2.65 bits per heavy atom. The quantitative estimate of drug-likeness (QED) is 0.323. The van der Waals surface area contributed by atoms with Gasteiger partial charge >= 0.3 is 0 Å². The van der Waals surface area contributed by atoms with Crippen LogP contribution < -0.4 is 0 Å². The molecule has 0 aliphatic carbocycles. The smallest absolute Gasteiger partial charge is 0.270 e. The molecule has 0 N–H and O–H groups in total. The van der Waals surface area contributed by atoms with E-state index in [1.165, 1.54) is 30.0 Å². The van der Waals surface area contributed by atoms with Crippen LogP contribution in [-0.4, -0.2) is 10.7 Å². The molecule has 1 aromatic heterocycles. The lowest BCUT2D eigenvalue weighted by atomic mass is 10.1. The lowest BCUT2D eigenvalue weighted by Crippen LogP contribution is -1.93. The van der Waals surface area contributed by atoms with Crippen LogP contribution in [-0.2, 0) is 0 Å². The molecule has 2 heterocycles. The summed E-state index contributed by atoms with van der Waals surface area (Å²) in [5.41, 5.74) is 1.04. The van der Waals surface area contributed by atoms with Crippen molar-refractivity contribution in [3.05, 3.63) is 86.0 Å². The Morgan fingerprint density at radius 1 is 1.08 bits per heavy atom. The van der Waals surface area contributed by atoms with Gasteiger partial charge in [-0.05, 0) is 36.4 Å². The van der Waals surface area contributed by atoms with Crippen LogP contribution in [0.1, 0.15) is 16.1 Å². The lowest BCUT2D eigenvalue weighted by Gasteiger charge is -2.00. The summed E-state index contributed by atoms with van der Waals surface area (Å²) in [5.74, 6) is 0.835. The fourth-order valence-corrected chi connectivity index (χ4v) is 3.90. The van der Waals surface area contributed by atoms with E-state index in [1.54, 1.807) is 24.3 Å². The first-order chi connectivity index (χ1) is 12.5. The highest BCUT2D eigenvalue weighted by molar-refractivity contribution is 8.04. The summed E-state index contributed by atoms with van der Waals surface area (Å²) in [4.78, 5) is 24.4. The molecule has 0 unspecified atom stereocenters. The summed E-state index contributed by atoms with van der Waals surface area (Å²) in [6, 6.07) is 14.9. The Bertz CT molecular complexity index is 1090. The van der Waals surface area contributed by atoms with E-state index in [9.17, 15) is 14.9 Å². The number of ketones is 1. The number of hydrogen-bond donors (Lipinski definition) is 0. The van der Waals surface area contributed by atoms with Gasteiger partial charge in [-0.2, -0.15) is 0 Å². The Labute approximate surface area is 157 Å². The maximum absolute atomic E-state index is 12.4. The molecular formula is C19H10ClNO4S. The molecule has 26 heavy (non-hydrogen) atoms. The molecule has 0 atom stereocenters. The number of hydrogen-bond acceptors (Lipinski definition) is 5. The molecule has 1 aliphatic rings. The van der Waals surface area contributed by atoms with Crippen molar-refractivity contribution in [2.75, 3.05) is 0 Å². The van der Waals surface area contributed by atoms with Gasteiger partial charge < -0.3 is 4.42 Å². The van der Waals surface area contributed by atoms with Crippen LogP contribution in [0.3, 0.4) is 0 Å². The van der Waals surface area contributed by atoms with E-state index in [4.69, 9.17) is 16.0 Å². The van der Waals surface area contributed by atoms with Crippen LogP contribution in [0.4, 0.5) is 5.69 Å². The summed E-state index contributed by atoms with van der Waals surface area (Å²) >= 11 is 7.53. The van der Waals surface area contributed by atoms with Crippen molar-refractivity contribution in [1.82, 2.24) is 0 Å². The van der Waals surface area contributed by atoms with Crippen molar-refractivity contribution in [2.45, 2.75) is 4.90 Å². The lowest BCUT2D eigenvalue weighted by molar-refractivity contribution is -0.384. The van der Waals surface area contributed by atoms with Gasteiger partial charge in [-0.1, -0.05) is 35.5 Å². The first-order valence-electron chi connectivity index (χ1n) is 7.60. The largest absolute Gasteiger partial charge is 0.457 e. The number of furan rings is 1. The van der Waals surface area contributed by atoms with Crippen LogP contribution >= 0.6 is 23.4 Å². The third-order valence-electron chi connectivity index (χ3n) is 3.90. The zero-order valence-corrected chi connectivity index (χ0v) is 14.7. The second-order valence-electron chi connectivity index (χ2n) is 5.56. The Hall–Kier alpha value is -2.83. The Morgan fingerprint density at radius 2 is 1.88 bits per heavy atom. The highest BCUT2D eigenvalue weighted by Crippen LogP contribution is 2.41. The van der Waals surface area contributed by atoms with Crippen LogP contribution in [0.2, 0.25) is 5.02 Å². The van der Waals surface area contributed by atoms with E-state index in [0.717, 1.165) is 4.90 Å². The van der Waals surface area contributed by atoms with Crippen LogP contribution in [0.15, 0.2) is 68.8 Å². The molecule has 0 fully saturated rings. The topological polar surface area (TPSA) is 73.3 Å². The molecule has 0 amide bonds. The number of rotatable bonds is 3. The molecule has 1 aliphatic heterocycles. The zero-order valence-electron chi connectivity index (χ0n) is 13.1.